The molecule has 0 aromatic heterocycles. The van der Waals surface area contributed by atoms with Gasteiger partial charge in [0.15, 0.2) is 0 Å². The average molecular weight is 393 g/mol. The summed E-state index contributed by atoms with van der Waals surface area (Å²) in [6.07, 6.45) is 2.47. The summed E-state index contributed by atoms with van der Waals surface area (Å²) >= 11 is 5.97. The molecule has 5 heteroatoms. The number of amides is 1. The molecule has 0 atom stereocenters. The highest BCUT2D eigenvalue weighted by molar-refractivity contribution is 6.30. The summed E-state index contributed by atoms with van der Waals surface area (Å²) in [6.45, 7) is 2.18. The summed E-state index contributed by atoms with van der Waals surface area (Å²) in [5.41, 5.74) is 2.53. The molecule has 142 valence electrons. The molecule has 3 aromatic rings. The van der Waals surface area contributed by atoms with Crippen molar-refractivity contribution >= 4 is 28.9 Å². The minimum Gasteiger partial charge on any atom is -0.457 e. The number of rotatable bonds is 5. The van der Waals surface area contributed by atoms with Gasteiger partial charge >= 0.3 is 0 Å². The Balaban J connectivity index is 1.37. The zero-order valence-corrected chi connectivity index (χ0v) is 16.2. The molecule has 0 saturated carbocycles. The fourth-order valence-corrected chi connectivity index (χ4v) is 3.46. The molecule has 1 aliphatic rings. The van der Waals surface area contributed by atoms with Crippen LogP contribution in [0.3, 0.4) is 0 Å². The molecule has 0 aliphatic carbocycles. The van der Waals surface area contributed by atoms with E-state index >= 15 is 0 Å². The Bertz CT molecular complexity index is 949. The standard InChI is InChI=1S/C23H21ClN2O2/c24-18-4-3-5-22(16-18)28-21-12-8-19(9-13-21)25-23(27)17-6-10-20(11-7-17)26-14-1-2-15-26/h3-13,16H,1-2,14-15H2,(H,25,27). The third-order valence-corrected chi connectivity index (χ3v) is 4.98. The lowest BCUT2D eigenvalue weighted by Crippen LogP contribution is -2.18. The van der Waals surface area contributed by atoms with Crippen molar-refractivity contribution in [3.05, 3.63) is 83.4 Å². The molecular weight excluding hydrogens is 372 g/mol. The monoisotopic (exact) mass is 392 g/mol. The molecule has 1 N–H and O–H groups in total. The highest BCUT2D eigenvalue weighted by Gasteiger charge is 2.13. The number of hydrogen-bond acceptors (Lipinski definition) is 3. The molecule has 1 aliphatic heterocycles. The molecule has 0 bridgehead atoms. The van der Waals surface area contributed by atoms with E-state index in [1.165, 1.54) is 18.5 Å². The second-order valence-electron chi connectivity index (χ2n) is 6.78. The van der Waals surface area contributed by atoms with Crippen LogP contribution in [0.2, 0.25) is 5.02 Å². The van der Waals surface area contributed by atoms with Gasteiger partial charge in [0, 0.05) is 35.1 Å². The summed E-state index contributed by atoms with van der Waals surface area (Å²) < 4.78 is 5.76. The van der Waals surface area contributed by atoms with Gasteiger partial charge < -0.3 is 15.0 Å². The summed E-state index contributed by atoms with van der Waals surface area (Å²) in [4.78, 5) is 14.8. The first-order valence-corrected chi connectivity index (χ1v) is 9.75. The maximum absolute atomic E-state index is 12.5. The van der Waals surface area contributed by atoms with Gasteiger partial charge in [-0.1, -0.05) is 17.7 Å². The summed E-state index contributed by atoms with van der Waals surface area (Å²) in [5.74, 6) is 1.22. The van der Waals surface area contributed by atoms with Crippen molar-refractivity contribution in [3.8, 4) is 11.5 Å². The van der Waals surface area contributed by atoms with E-state index in [0.29, 0.717) is 27.8 Å². The molecule has 1 amide bonds. The third kappa shape index (κ3) is 4.46. The number of nitrogens with zero attached hydrogens (tertiary/aromatic N) is 1. The van der Waals surface area contributed by atoms with Crippen molar-refractivity contribution in [1.29, 1.82) is 0 Å². The Morgan fingerprint density at radius 1 is 0.893 bits per heavy atom. The zero-order chi connectivity index (χ0) is 19.3. The smallest absolute Gasteiger partial charge is 0.255 e. The minimum absolute atomic E-state index is 0.128. The van der Waals surface area contributed by atoms with Gasteiger partial charge in [-0.25, -0.2) is 0 Å². The van der Waals surface area contributed by atoms with E-state index in [1.54, 1.807) is 12.1 Å². The first kappa shape index (κ1) is 18.4. The topological polar surface area (TPSA) is 41.6 Å². The predicted octanol–water partition coefficient (Wildman–Crippen LogP) is 5.98. The maximum Gasteiger partial charge on any atom is 0.255 e. The van der Waals surface area contributed by atoms with Gasteiger partial charge in [-0.05, 0) is 79.6 Å². The number of nitrogens with one attached hydrogen (secondary N) is 1. The van der Waals surface area contributed by atoms with Crippen molar-refractivity contribution in [2.24, 2.45) is 0 Å². The van der Waals surface area contributed by atoms with E-state index in [2.05, 4.69) is 10.2 Å². The molecule has 4 rings (SSSR count). The van der Waals surface area contributed by atoms with Gasteiger partial charge in [0.1, 0.15) is 11.5 Å². The Kier molecular flexibility index (Phi) is 5.49. The Morgan fingerprint density at radius 2 is 1.61 bits per heavy atom. The average Bonchev–Trinajstić information content (AvgIpc) is 3.24. The molecule has 1 fully saturated rings. The normalized spacial score (nSPS) is 13.4. The molecule has 28 heavy (non-hydrogen) atoms. The molecule has 0 radical (unpaired) electrons. The highest BCUT2D eigenvalue weighted by atomic mass is 35.5. The lowest BCUT2D eigenvalue weighted by Gasteiger charge is -2.17. The fraction of sp³-hybridized carbons (Fsp3) is 0.174. The second-order valence-corrected chi connectivity index (χ2v) is 7.22. The molecule has 1 heterocycles. The number of carbonyl (C=O) groups excluding carboxylic acids is 1. The first-order chi connectivity index (χ1) is 13.7. The van der Waals surface area contributed by atoms with Crippen molar-refractivity contribution in [2.75, 3.05) is 23.3 Å². The Labute approximate surface area is 169 Å². The summed E-state index contributed by atoms with van der Waals surface area (Å²) in [7, 11) is 0. The summed E-state index contributed by atoms with van der Waals surface area (Å²) in [5, 5.41) is 3.54. The van der Waals surface area contributed by atoms with Crippen LogP contribution < -0.4 is 15.0 Å². The predicted molar refractivity (Wildman–Crippen MR) is 114 cm³/mol. The molecule has 4 nitrogen and oxygen atoms in total. The third-order valence-electron chi connectivity index (χ3n) is 4.74. The van der Waals surface area contributed by atoms with E-state index in [1.807, 2.05) is 60.7 Å². The van der Waals surface area contributed by atoms with Gasteiger partial charge in [0.05, 0.1) is 0 Å². The van der Waals surface area contributed by atoms with Gasteiger partial charge in [-0.15, -0.1) is 0 Å². The zero-order valence-electron chi connectivity index (χ0n) is 15.4. The minimum atomic E-state index is -0.128. The number of anilines is 2. The molecular formula is C23H21ClN2O2. The van der Waals surface area contributed by atoms with Crippen molar-refractivity contribution in [1.82, 2.24) is 0 Å². The fourth-order valence-electron chi connectivity index (χ4n) is 3.28. The lowest BCUT2D eigenvalue weighted by atomic mass is 10.1. The van der Waals surface area contributed by atoms with Crippen LogP contribution in [0.5, 0.6) is 11.5 Å². The van der Waals surface area contributed by atoms with E-state index < -0.39 is 0 Å². The van der Waals surface area contributed by atoms with E-state index in [-0.39, 0.29) is 5.91 Å². The van der Waals surface area contributed by atoms with Crippen molar-refractivity contribution in [3.63, 3.8) is 0 Å². The van der Waals surface area contributed by atoms with Crippen molar-refractivity contribution in [2.45, 2.75) is 12.8 Å². The van der Waals surface area contributed by atoms with Crippen LogP contribution in [0, 0.1) is 0 Å². The number of carbonyl (C=O) groups is 1. The van der Waals surface area contributed by atoms with Crippen LogP contribution >= 0.6 is 11.6 Å². The number of halogens is 1. The largest absolute Gasteiger partial charge is 0.457 e. The molecule has 1 saturated heterocycles. The molecule has 0 unspecified atom stereocenters. The Hall–Kier alpha value is -2.98. The number of hydrogen-bond donors (Lipinski definition) is 1. The van der Waals surface area contributed by atoms with Gasteiger partial charge in [0.2, 0.25) is 0 Å². The maximum atomic E-state index is 12.5. The Morgan fingerprint density at radius 3 is 2.29 bits per heavy atom. The number of ether oxygens (including phenoxy) is 1. The quantitative estimate of drug-likeness (QED) is 0.580. The van der Waals surface area contributed by atoms with E-state index in [0.717, 1.165) is 13.1 Å². The van der Waals surface area contributed by atoms with Crippen LogP contribution in [-0.2, 0) is 0 Å². The van der Waals surface area contributed by atoms with Crippen LogP contribution in [-0.4, -0.2) is 19.0 Å². The van der Waals surface area contributed by atoms with Crippen LogP contribution in [0.4, 0.5) is 11.4 Å². The van der Waals surface area contributed by atoms with Crippen LogP contribution in [0.1, 0.15) is 23.2 Å². The first-order valence-electron chi connectivity index (χ1n) is 9.37. The van der Waals surface area contributed by atoms with Crippen LogP contribution in [0.15, 0.2) is 72.8 Å². The van der Waals surface area contributed by atoms with Crippen LogP contribution in [0.25, 0.3) is 0 Å². The van der Waals surface area contributed by atoms with E-state index in [9.17, 15) is 4.79 Å². The SMILES string of the molecule is O=C(Nc1ccc(Oc2cccc(Cl)c2)cc1)c1ccc(N2CCCC2)cc1. The van der Waals surface area contributed by atoms with Gasteiger partial charge in [0.25, 0.3) is 5.91 Å². The molecule has 0 spiro atoms. The number of benzene rings is 3. The van der Waals surface area contributed by atoms with Crippen molar-refractivity contribution < 1.29 is 9.53 Å². The van der Waals surface area contributed by atoms with Gasteiger partial charge in [-0.3, -0.25) is 4.79 Å². The summed E-state index contributed by atoms with van der Waals surface area (Å²) in [6, 6.07) is 22.3. The highest BCUT2D eigenvalue weighted by Crippen LogP contribution is 2.26. The van der Waals surface area contributed by atoms with Gasteiger partial charge in [-0.2, -0.15) is 0 Å². The second kappa shape index (κ2) is 8.36. The molecule has 3 aromatic carbocycles. The lowest BCUT2D eigenvalue weighted by molar-refractivity contribution is 0.102. The van der Waals surface area contributed by atoms with E-state index in [4.69, 9.17) is 16.3 Å².